The van der Waals surface area contributed by atoms with Gasteiger partial charge in [0.2, 0.25) is 0 Å². The molecule has 0 bridgehead atoms. The van der Waals surface area contributed by atoms with Crippen LogP contribution in [-0.2, 0) is 6.54 Å². The molecule has 1 aliphatic rings. The topological polar surface area (TPSA) is 15.9 Å². The highest BCUT2D eigenvalue weighted by molar-refractivity contribution is 8.93. The van der Waals surface area contributed by atoms with Crippen LogP contribution >= 0.6 is 50.9 Å². The average molecular weight is 406 g/mol. The van der Waals surface area contributed by atoms with Gasteiger partial charge in [0, 0.05) is 12.1 Å². The molecule has 5 heteroatoms. The van der Waals surface area contributed by atoms with Crippen LogP contribution in [0, 0.1) is 0 Å². The third kappa shape index (κ3) is 6.00. The third-order valence-electron chi connectivity index (χ3n) is 2.37. The zero-order chi connectivity index (χ0) is 8.23. The molecule has 0 amide bonds. The SMILES string of the molecule is Br.Br.Br.c1cc[n+](C[C@@H]2CCCN2)cc1. The van der Waals surface area contributed by atoms with Crippen molar-refractivity contribution in [3.05, 3.63) is 30.6 Å². The lowest BCUT2D eigenvalue weighted by molar-refractivity contribution is -0.699. The first-order chi connectivity index (χ1) is 5.95. The molecule has 1 saturated heterocycles. The second kappa shape index (κ2) is 9.75. The molecule has 0 saturated carbocycles. The molecule has 1 atom stereocenters. The molecule has 0 aliphatic carbocycles. The van der Waals surface area contributed by atoms with Gasteiger partial charge in [-0.1, -0.05) is 6.07 Å². The number of nitrogens with zero attached hydrogens (tertiary/aromatic N) is 1. The molecule has 1 N–H and O–H groups in total. The van der Waals surface area contributed by atoms with Gasteiger partial charge in [-0.3, -0.25) is 0 Å². The maximum atomic E-state index is 3.48. The van der Waals surface area contributed by atoms with Crippen molar-refractivity contribution in [2.24, 2.45) is 0 Å². The van der Waals surface area contributed by atoms with E-state index in [9.17, 15) is 0 Å². The zero-order valence-corrected chi connectivity index (χ0v) is 13.6. The number of nitrogens with one attached hydrogen (secondary N) is 1. The van der Waals surface area contributed by atoms with Crippen LogP contribution in [0.5, 0.6) is 0 Å². The molecule has 2 heterocycles. The first-order valence-corrected chi connectivity index (χ1v) is 4.62. The fourth-order valence-corrected chi connectivity index (χ4v) is 1.72. The maximum absolute atomic E-state index is 3.48. The summed E-state index contributed by atoms with van der Waals surface area (Å²) in [6.45, 7) is 2.30. The molecule has 2 rings (SSSR count). The molecule has 0 spiro atoms. The second-order valence-corrected chi connectivity index (χ2v) is 3.37. The molecule has 1 aromatic rings. The minimum absolute atomic E-state index is 0. The number of pyridine rings is 1. The Morgan fingerprint density at radius 1 is 1.07 bits per heavy atom. The van der Waals surface area contributed by atoms with Gasteiger partial charge in [-0.2, -0.15) is 0 Å². The minimum atomic E-state index is 0. The summed E-state index contributed by atoms with van der Waals surface area (Å²) >= 11 is 0. The highest BCUT2D eigenvalue weighted by Gasteiger charge is 2.17. The minimum Gasteiger partial charge on any atom is -0.308 e. The van der Waals surface area contributed by atoms with Crippen LogP contribution in [-0.4, -0.2) is 12.6 Å². The number of halogens is 3. The molecule has 1 aromatic heterocycles. The van der Waals surface area contributed by atoms with Crippen LogP contribution in [0.1, 0.15) is 12.8 Å². The van der Waals surface area contributed by atoms with Gasteiger partial charge in [0.1, 0.15) is 0 Å². The van der Waals surface area contributed by atoms with E-state index in [1.807, 2.05) is 0 Å². The Morgan fingerprint density at radius 2 is 1.73 bits per heavy atom. The van der Waals surface area contributed by atoms with Crippen molar-refractivity contribution < 1.29 is 4.57 Å². The predicted molar refractivity (Wildman–Crippen MR) is 78.6 cm³/mol. The van der Waals surface area contributed by atoms with Gasteiger partial charge < -0.3 is 5.32 Å². The van der Waals surface area contributed by atoms with Crippen LogP contribution in [0.25, 0.3) is 0 Å². The molecule has 15 heavy (non-hydrogen) atoms. The summed E-state index contributed by atoms with van der Waals surface area (Å²) < 4.78 is 2.24. The monoisotopic (exact) mass is 403 g/mol. The van der Waals surface area contributed by atoms with E-state index in [1.165, 1.54) is 19.4 Å². The van der Waals surface area contributed by atoms with Gasteiger partial charge in [0.25, 0.3) is 0 Å². The van der Waals surface area contributed by atoms with Gasteiger partial charge >= 0.3 is 0 Å². The van der Waals surface area contributed by atoms with Crippen LogP contribution in [0.4, 0.5) is 0 Å². The molecule has 1 fully saturated rings. The lowest BCUT2D eigenvalue weighted by Gasteiger charge is -2.04. The van der Waals surface area contributed by atoms with Crippen LogP contribution in [0.2, 0.25) is 0 Å². The second-order valence-electron chi connectivity index (χ2n) is 3.37. The molecular weight excluding hydrogens is 388 g/mol. The Morgan fingerprint density at radius 3 is 2.27 bits per heavy atom. The average Bonchev–Trinajstić information content (AvgIpc) is 2.59. The van der Waals surface area contributed by atoms with Crippen molar-refractivity contribution >= 4 is 50.9 Å². The first-order valence-electron chi connectivity index (χ1n) is 4.62. The predicted octanol–water partition coefficient (Wildman–Crippen LogP) is 2.46. The van der Waals surface area contributed by atoms with Gasteiger partial charge in [-0.05, 0) is 19.4 Å². The summed E-state index contributed by atoms with van der Waals surface area (Å²) in [5.74, 6) is 0. The summed E-state index contributed by atoms with van der Waals surface area (Å²) in [4.78, 5) is 0. The Bertz CT molecular complexity index is 238. The van der Waals surface area contributed by atoms with E-state index >= 15 is 0 Å². The van der Waals surface area contributed by atoms with Crippen molar-refractivity contribution in [2.75, 3.05) is 6.54 Å². The highest BCUT2D eigenvalue weighted by Crippen LogP contribution is 2.03. The number of rotatable bonds is 2. The Labute approximate surface area is 123 Å². The van der Waals surface area contributed by atoms with Gasteiger partial charge in [-0.15, -0.1) is 50.9 Å². The fraction of sp³-hybridized carbons (Fsp3) is 0.500. The number of hydrogen-bond acceptors (Lipinski definition) is 1. The number of hydrogen-bond donors (Lipinski definition) is 1. The highest BCUT2D eigenvalue weighted by atomic mass is 79.9. The van der Waals surface area contributed by atoms with Crippen LogP contribution < -0.4 is 9.88 Å². The molecule has 0 aromatic carbocycles. The third-order valence-corrected chi connectivity index (χ3v) is 2.37. The smallest absolute Gasteiger partial charge is 0.168 e. The summed E-state index contributed by atoms with van der Waals surface area (Å²) in [7, 11) is 0. The van der Waals surface area contributed by atoms with E-state index in [2.05, 4.69) is 40.5 Å². The summed E-state index contributed by atoms with van der Waals surface area (Å²) in [6.07, 6.45) is 6.90. The van der Waals surface area contributed by atoms with Gasteiger partial charge in [0.05, 0.1) is 6.04 Å². The normalized spacial score (nSPS) is 18.3. The van der Waals surface area contributed by atoms with E-state index in [4.69, 9.17) is 0 Å². The first kappa shape index (κ1) is 17.9. The fourth-order valence-electron chi connectivity index (χ4n) is 1.72. The lowest BCUT2D eigenvalue weighted by Crippen LogP contribution is -2.42. The van der Waals surface area contributed by atoms with Gasteiger partial charge in [-0.25, -0.2) is 4.57 Å². The van der Waals surface area contributed by atoms with E-state index in [1.54, 1.807) is 0 Å². The Balaban J connectivity index is 0. The van der Waals surface area contributed by atoms with Crippen LogP contribution in [0.3, 0.4) is 0 Å². The number of aromatic nitrogens is 1. The molecule has 0 unspecified atom stereocenters. The Hall–Kier alpha value is 0.550. The van der Waals surface area contributed by atoms with E-state index < -0.39 is 0 Å². The van der Waals surface area contributed by atoms with Crippen molar-refractivity contribution in [1.82, 2.24) is 5.32 Å². The molecule has 0 radical (unpaired) electrons. The molecule has 88 valence electrons. The van der Waals surface area contributed by atoms with Gasteiger partial charge in [0.15, 0.2) is 18.9 Å². The quantitative estimate of drug-likeness (QED) is 0.747. The van der Waals surface area contributed by atoms with Crippen molar-refractivity contribution in [1.29, 1.82) is 0 Å². The maximum Gasteiger partial charge on any atom is 0.168 e. The standard InChI is InChI=1S/C10H15N2.3BrH/c1-2-7-12(8-3-1)9-10-5-4-6-11-10;;;/h1-3,7-8,10-11H,4-6,9H2;3*1H/q+1;;;/t10-;;;/m0.../s1. The van der Waals surface area contributed by atoms with Crippen molar-refractivity contribution in [3.8, 4) is 0 Å². The van der Waals surface area contributed by atoms with Crippen LogP contribution in [0.15, 0.2) is 30.6 Å². The summed E-state index contributed by atoms with van der Waals surface area (Å²) in [5, 5.41) is 3.48. The van der Waals surface area contributed by atoms with E-state index in [-0.39, 0.29) is 50.9 Å². The van der Waals surface area contributed by atoms with Crippen molar-refractivity contribution in [2.45, 2.75) is 25.4 Å². The largest absolute Gasteiger partial charge is 0.308 e. The summed E-state index contributed by atoms with van der Waals surface area (Å²) in [6, 6.07) is 6.90. The lowest BCUT2D eigenvalue weighted by atomic mass is 10.2. The van der Waals surface area contributed by atoms with Crippen molar-refractivity contribution in [3.63, 3.8) is 0 Å². The zero-order valence-electron chi connectivity index (χ0n) is 8.46. The molecule has 1 aliphatic heterocycles. The van der Waals surface area contributed by atoms with E-state index in [0.717, 1.165) is 6.54 Å². The Kier molecular flexibility index (Phi) is 11.7. The molecule has 2 nitrogen and oxygen atoms in total. The van der Waals surface area contributed by atoms with E-state index in [0.29, 0.717) is 6.04 Å². The molecular formula is C10H18Br3N2+. The summed E-state index contributed by atoms with van der Waals surface area (Å²) in [5.41, 5.74) is 0.